The predicted molar refractivity (Wildman–Crippen MR) is 107 cm³/mol. The number of nitrogens with one attached hydrogen (secondary N) is 1. The van der Waals surface area contributed by atoms with Crippen LogP contribution in [-0.4, -0.2) is 41.1 Å². The zero-order chi connectivity index (χ0) is 15.9. The molecule has 0 aliphatic heterocycles. The Morgan fingerprint density at radius 3 is 2.74 bits per heavy atom. The number of hydrogen-bond donors (Lipinski definition) is 1. The van der Waals surface area contributed by atoms with Gasteiger partial charge in [0.2, 0.25) is 0 Å². The fraction of sp³-hybridized carbons (Fsp3) is 0.333. The summed E-state index contributed by atoms with van der Waals surface area (Å²) in [5, 5.41) is 4.45. The molecule has 0 amide bonds. The normalized spacial score (nSPS) is 11.0. The highest BCUT2D eigenvalue weighted by atomic mass is 127. The molecule has 0 fully saturated rings. The van der Waals surface area contributed by atoms with Crippen LogP contribution in [0.25, 0.3) is 0 Å². The van der Waals surface area contributed by atoms with Crippen molar-refractivity contribution in [3.63, 3.8) is 0 Å². The van der Waals surface area contributed by atoms with Gasteiger partial charge >= 0.3 is 0 Å². The first-order valence-electron chi connectivity index (χ1n) is 6.91. The Morgan fingerprint density at radius 2 is 2.13 bits per heavy atom. The lowest BCUT2D eigenvalue weighted by Crippen LogP contribution is -2.39. The second-order valence-electron chi connectivity index (χ2n) is 4.88. The van der Waals surface area contributed by atoms with Crippen molar-refractivity contribution in [1.82, 2.24) is 19.8 Å². The molecule has 1 aromatic carbocycles. The first kappa shape index (κ1) is 20.1. The Morgan fingerprint density at radius 1 is 1.35 bits per heavy atom. The highest BCUT2D eigenvalue weighted by Gasteiger charge is 2.07. The van der Waals surface area contributed by atoms with Crippen molar-refractivity contribution in [2.75, 3.05) is 20.6 Å². The van der Waals surface area contributed by atoms with E-state index in [1.165, 1.54) is 0 Å². The number of guanidine groups is 1. The second-order valence-corrected chi connectivity index (χ2v) is 5.69. The molecule has 5 nitrogen and oxygen atoms in total. The molecule has 0 saturated heterocycles. The summed E-state index contributed by atoms with van der Waals surface area (Å²) in [5.74, 6) is 0.825. The van der Waals surface area contributed by atoms with Gasteiger partial charge in [0.05, 0.1) is 16.4 Å². The van der Waals surface area contributed by atoms with Crippen molar-refractivity contribution in [1.29, 1.82) is 0 Å². The molecule has 126 valence electrons. The Kier molecular flexibility index (Phi) is 8.72. The van der Waals surface area contributed by atoms with Crippen LogP contribution in [0, 0.1) is 0 Å². The van der Waals surface area contributed by atoms with Gasteiger partial charge in [-0.3, -0.25) is 4.99 Å². The minimum absolute atomic E-state index is 0. The van der Waals surface area contributed by atoms with Crippen LogP contribution in [0.4, 0.5) is 0 Å². The maximum atomic E-state index is 6.05. The van der Waals surface area contributed by atoms with Crippen molar-refractivity contribution in [2.24, 2.45) is 4.99 Å². The third kappa shape index (κ3) is 6.19. The minimum Gasteiger partial charge on any atom is -0.354 e. The highest BCUT2D eigenvalue weighted by molar-refractivity contribution is 14.0. The number of nitrogens with zero attached hydrogens (tertiary/aromatic N) is 4. The van der Waals surface area contributed by atoms with Crippen LogP contribution in [0.3, 0.4) is 0 Å². The summed E-state index contributed by atoms with van der Waals surface area (Å²) >= 11 is 12.0. The van der Waals surface area contributed by atoms with Gasteiger partial charge < -0.3 is 14.8 Å². The quantitative estimate of drug-likeness (QED) is 0.415. The molecule has 0 bridgehead atoms. The molecule has 0 spiro atoms. The average molecular weight is 468 g/mol. The molecule has 8 heteroatoms. The Bertz CT molecular complexity index is 631. The summed E-state index contributed by atoms with van der Waals surface area (Å²) in [6, 6.07) is 5.64. The van der Waals surface area contributed by atoms with Gasteiger partial charge in [-0.25, -0.2) is 4.98 Å². The summed E-state index contributed by atoms with van der Waals surface area (Å²) in [4.78, 5) is 10.3. The van der Waals surface area contributed by atoms with Crippen molar-refractivity contribution in [3.05, 3.63) is 52.5 Å². The number of imidazole rings is 1. The number of aromatic nitrogens is 2. The first-order valence-corrected chi connectivity index (χ1v) is 7.67. The lowest BCUT2D eigenvalue weighted by atomic mass is 10.2. The molecule has 1 heterocycles. The van der Waals surface area contributed by atoms with Gasteiger partial charge in [0.1, 0.15) is 0 Å². The summed E-state index contributed by atoms with van der Waals surface area (Å²) in [6.45, 7) is 2.30. The molecule has 0 radical (unpaired) electrons. The predicted octanol–water partition coefficient (Wildman–Crippen LogP) is 3.52. The van der Waals surface area contributed by atoms with Crippen molar-refractivity contribution in [2.45, 2.75) is 13.1 Å². The SMILES string of the molecule is CN=C(NCCn1ccnc1)N(C)Cc1ccc(Cl)c(Cl)c1.I. The third-order valence-electron chi connectivity index (χ3n) is 3.19. The molecule has 0 saturated carbocycles. The zero-order valence-electron chi connectivity index (χ0n) is 13.0. The van der Waals surface area contributed by atoms with Gasteiger partial charge in [-0.05, 0) is 17.7 Å². The van der Waals surface area contributed by atoms with Crippen LogP contribution < -0.4 is 5.32 Å². The van der Waals surface area contributed by atoms with E-state index in [2.05, 4.69) is 15.3 Å². The average Bonchev–Trinajstić information content (AvgIpc) is 3.00. The molecule has 0 unspecified atom stereocenters. The third-order valence-corrected chi connectivity index (χ3v) is 3.93. The van der Waals surface area contributed by atoms with E-state index in [1.54, 1.807) is 19.6 Å². The van der Waals surface area contributed by atoms with E-state index >= 15 is 0 Å². The fourth-order valence-corrected chi connectivity index (χ4v) is 2.41. The van der Waals surface area contributed by atoms with Crippen LogP contribution in [-0.2, 0) is 13.1 Å². The number of hydrogen-bond acceptors (Lipinski definition) is 2. The molecule has 1 aromatic heterocycles. The van der Waals surface area contributed by atoms with E-state index in [0.717, 1.165) is 24.6 Å². The molecule has 2 aromatic rings. The number of rotatable bonds is 5. The van der Waals surface area contributed by atoms with Gasteiger partial charge in [-0.15, -0.1) is 24.0 Å². The molecule has 0 aliphatic rings. The monoisotopic (exact) mass is 467 g/mol. The Hall–Kier alpha value is -0.990. The van der Waals surface area contributed by atoms with Crippen molar-refractivity contribution in [3.8, 4) is 0 Å². The van der Waals surface area contributed by atoms with Crippen LogP contribution >= 0.6 is 47.2 Å². The van der Waals surface area contributed by atoms with Crippen LogP contribution in [0.5, 0.6) is 0 Å². The number of benzene rings is 1. The lowest BCUT2D eigenvalue weighted by Gasteiger charge is -2.22. The minimum atomic E-state index is 0. The largest absolute Gasteiger partial charge is 0.354 e. The highest BCUT2D eigenvalue weighted by Crippen LogP contribution is 2.23. The van der Waals surface area contributed by atoms with Gasteiger partial charge in [0, 0.05) is 46.1 Å². The smallest absolute Gasteiger partial charge is 0.193 e. The van der Waals surface area contributed by atoms with Crippen molar-refractivity contribution >= 4 is 53.1 Å². The van der Waals surface area contributed by atoms with Crippen molar-refractivity contribution < 1.29 is 0 Å². The summed E-state index contributed by atoms with van der Waals surface area (Å²) in [5.41, 5.74) is 1.08. The molecular formula is C15H20Cl2IN5. The molecule has 2 rings (SSSR count). The maximum Gasteiger partial charge on any atom is 0.193 e. The molecule has 1 N–H and O–H groups in total. The maximum absolute atomic E-state index is 6.05. The molecular weight excluding hydrogens is 448 g/mol. The zero-order valence-corrected chi connectivity index (χ0v) is 16.9. The lowest BCUT2D eigenvalue weighted by molar-refractivity contribution is 0.473. The van der Waals surface area contributed by atoms with Crippen LogP contribution in [0.15, 0.2) is 41.9 Å². The van der Waals surface area contributed by atoms with E-state index in [9.17, 15) is 0 Å². The van der Waals surface area contributed by atoms with Crippen LogP contribution in [0.2, 0.25) is 10.0 Å². The molecule has 0 aliphatic carbocycles. The summed E-state index contributed by atoms with van der Waals surface area (Å²) < 4.78 is 2.01. The van der Waals surface area contributed by atoms with E-state index in [4.69, 9.17) is 23.2 Å². The van der Waals surface area contributed by atoms with Gasteiger partial charge in [-0.2, -0.15) is 0 Å². The second kappa shape index (κ2) is 10.00. The number of aliphatic imine (C=N–C) groups is 1. The molecule has 23 heavy (non-hydrogen) atoms. The fourth-order valence-electron chi connectivity index (χ4n) is 2.09. The topological polar surface area (TPSA) is 45.5 Å². The van der Waals surface area contributed by atoms with Gasteiger partial charge in [0.15, 0.2) is 5.96 Å². The Balaban J connectivity index is 0.00000264. The summed E-state index contributed by atoms with van der Waals surface area (Å²) in [6.07, 6.45) is 5.50. The van der Waals surface area contributed by atoms with E-state index in [0.29, 0.717) is 16.6 Å². The standard InChI is InChI=1S/C15H19Cl2N5.HI/c1-18-15(20-6-8-22-7-5-19-11-22)21(2)10-12-3-4-13(16)14(17)9-12;/h3-5,7,9,11H,6,8,10H2,1-2H3,(H,18,20);1H. The van der Waals surface area contributed by atoms with E-state index in [1.807, 2.05) is 40.9 Å². The van der Waals surface area contributed by atoms with E-state index < -0.39 is 0 Å². The van der Waals surface area contributed by atoms with Gasteiger partial charge in [0.25, 0.3) is 0 Å². The van der Waals surface area contributed by atoms with E-state index in [-0.39, 0.29) is 24.0 Å². The summed E-state index contributed by atoms with van der Waals surface area (Å²) in [7, 11) is 3.75. The first-order chi connectivity index (χ1) is 10.6. The van der Waals surface area contributed by atoms with Crippen LogP contribution in [0.1, 0.15) is 5.56 Å². The van der Waals surface area contributed by atoms with Gasteiger partial charge in [-0.1, -0.05) is 29.3 Å². The Labute approximate surface area is 163 Å². The number of halogens is 3. The molecule has 0 atom stereocenters.